The summed E-state index contributed by atoms with van der Waals surface area (Å²) in [5.74, 6) is 0. The minimum Gasteiger partial charge on any atom is -0.381 e. The van der Waals surface area contributed by atoms with Crippen LogP contribution in [0.3, 0.4) is 0 Å². The van der Waals surface area contributed by atoms with E-state index in [9.17, 15) is 0 Å². The van der Waals surface area contributed by atoms with Crippen LogP contribution in [0.15, 0.2) is 24.3 Å². The van der Waals surface area contributed by atoms with E-state index < -0.39 is 0 Å². The van der Waals surface area contributed by atoms with Crippen molar-refractivity contribution in [1.82, 2.24) is 0 Å². The van der Waals surface area contributed by atoms with Crippen molar-refractivity contribution >= 4 is 11.4 Å². The molecule has 2 nitrogen and oxygen atoms in total. The third-order valence-corrected chi connectivity index (χ3v) is 4.20. The summed E-state index contributed by atoms with van der Waals surface area (Å²) >= 11 is 0. The van der Waals surface area contributed by atoms with Crippen LogP contribution >= 0.6 is 0 Å². The standard InChI is InChI=1S/C14H20N2/c1-14(2)8-5-9-16-12-7-4-3-6-11(12)15-10-13(14)16/h3-4,6-7,13,15H,5,8-10H2,1-2H3. The number of nitrogens with zero attached hydrogens (tertiary/aromatic N) is 1. The highest BCUT2D eigenvalue weighted by atomic mass is 15.2. The van der Waals surface area contributed by atoms with Gasteiger partial charge in [0.25, 0.3) is 0 Å². The fourth-order valence-electron chi connectivity index (χ4n) is 3.20. The Balaban J connectivity index is 2.01. The Kier molecular flexibility index (Phi) is 2.13. The van der Waals surface area contributed by atoms with Crippen LogP contribution in [-0.4, -0.2) is 19.1 Å². The van der Waals surface area contributed by atoms with Crippen LogP contribution in [0, 0.1) is 5.41 Å². The lowest BCUT2D eigenvalue weighted by Crippen LogP contribution is -2.55. The molecular weight excluding hydrogens is 196 g/mol. The van der Waals surface area contributed by atoms with Gasteiger partial charge in [0.1, 0.15) is 0 Å². The maximum atomic E-state index is 3.58. The Bertz CT molecular complexity index is 397. The minimum atomic E-state index is 0.429. The molecule has 1 unspecified atom stereocenters. The minimum absolute atomic E-state index is 0.429. The predicted molar refractivity (Wildman–Crippen MR) is 69.1 cm³/mol. The van der Waals surface area contributed by atoms with Gasteiger partial charge in [0.2, 0.25) is 0 Å². The van der Waals surface area contributed by atoms with E-state index in [1.54, 1.807) is 0 Å². The topological polar surface area (TPSA) is 15.3 Å². The average Bonchev–Trinajstić information content (AvgIpc) is 2.28. The molecule has 1 fully saturated rings. The van der Waals surface area contributed by atoms with E-state index >= 15 is 0 Å². The van der Waals surface area contributed by atoms with Crippen LogP contribution < -0.4 is 10.2 Å². The number of fused-ring (bicyclic) bond motifs is 3. The number of anilines is 2. The van der Waals surface area contributed by atoms with Gasteiger partial charge >= 0.3 is 0 Å². The molecule has 0 saturated carbocycles. The van der Waals surface area contributed by atoms with Gasteiger partial charge in [0.15, 0.2) is 0 Å². The lowest BCUT2D eigenvalue weighted by molar-refractivity contribution is 0.217. The molecule has 2 heterocycles. The molecular formula is C14H20N2. The van der Waals surface area contributed by atoms with Crippen molar-refractivity contribution in [2.75, 3.05) is 23.3 Å². The molecule has 0 aromatic heterocycles. The number of rotatable bonds is 0. The second-order valence-electron chi connectivity index (χ2n) is 5.70. The van der Waals surface area contributed by atoms with Gasteiger partial charge in [-0.3, -0.25) is 0 Å². The van der Waals surface area contributed by atoms with E-state index in [1.165, 1.54) is 30.8 Å². The number of para-hydroxylation sites is 2. The SMILES string of the molecule is CC1(C)CCCN2c3ccccc3NCC21. The molecule has 2 aliphatic rings. The fourth-order valence-corrected chi connectivity index (χ4v) is 3.20. The summed E-state index contributed by atoms with van der Waals surface area (Å²) in [6.07, 6.45) is 2.66. The first-order valence-corrected chi connectivity index (χ1v) is 6.28. The van der Waals surface area contributed by atoms with E-state index in [0.717, 1.165) is 6.54 Å². The quantitative estimate of drug-likeness (QED) is 0.717. The Labute approximate surface area is 97.6 Å². The largest absolute Gasteiger partial charge is 0.381 e. The average molecular weight is 216 g/mol. The van der Waals surface area contributed by atoms with E-state index in [0.29, 0.717) is 11.5 Å². The molecule has 1 atom stereocenters. The first kappa shape index (κ1) is 10.0. The molecule has 16 heavy (non-hydrogen) atoms. The van der Waals surface area contributed by atoms with Crippen LogP contribution in [0.2, 0.25) is 0 Å². The number of hydrogen-bond acceptors (Lipinski definition) is 2. The van der Waals surface area contributed by atoms with Crippen molar-refractivity contribution in [3.8, 4) is 0 Å². The molecule has 1 N–H and O–H groups in total. The third-order valence-electron chi connectivity index (χ3n) is 4.20. The van der Waals surface area contributed by atoms with Crippen molar-refractivity contribution < 1.29 is 0 Å². The van der Waals surface area contributed by atoms with Crippen molar-refractivity contribution in [1.29, 1.82) is 0 Å². The van der Waals surface area contributed by atoms with Crippen LogP contribution in [0.5, 0.6) is 0 Å². The van der Waals surface area contributed by atoms with Gasteiger partial charge in [0.05, 0.1) is 17.4 Å². The van der Waals surface area contributed by atoms with E-state index in [1.807, 2.05) is 0 Å². The second-order valence-corrected chi connectivity index (χ2v) is 5.70. The summed E-state index contributed by atoms with van der Waals surface area (Å²) in [4.78, 5) is 2.61. The van der Waals surface area contributed by atoms with Gasteiger partial charge in [-0.1, -0.05) is 26.0 Å². The summed E-state index contributed by atoms with van der Waals surface area (Å²) in [5, 5.41) is 3.58. The summed E-state index contributed by atoms with van der Waals surface area (Å²) in [7, 11) is 0. The Morgan fingerprint density at radius 2 is 2.12 bits per heavy atom. The van der Waals surface area contributed by atoms with Gasteiger partial charge in [-0.15, -0.1) is 0 Å². The zero-order chi connectivity index (χ0) is 11.2. The highest BCUT2D eigenvalue weighted by Crippen LogP contribution is 2.42. The molecule has 2 heteroatoms. The first-order chi connectivity index (χ1) is 7.68. The van der Waals surface area contributed by atoms with Crippen molar-refractivity contribution in [3.63, 3.8) is 0 Å². The first-order valence-electron chi connectivity index (χ1n) is 6.28. The molecule has 3 rings (SSSR count). The molecule has 0 bridgehead atoms. The molecule has 2 aliphatic heterocycles. The Morgan fingerprint density at radius 3 is 3.00 bits per heavy atom. The van der Waals surface area contributed by atoms with E-state index in [-0.39, 0.29) is 0 Å². The van der Waals surface area contributed by atoms with Gasteiger partial charge in [-0.05, 0) is 30.4 Å². The molecule has 1 aromatic carbocycles. The lowest BCUT2D eigenvalue weighted by Gasteiger charge is -2.51. The van der Waals surface area contributed by atoms with Crippen molar-refractivity contribution in [2.24, 2.45) is 5.41 Å². The Hall–Kier alpha value is -1.18. The van der Waals surface area contributed by atoms with Crippen molar-refractivity contribution in [3.05, 3.63) is 24.3 Å². The molecule has 86 valence electrons. The van der Waals surface area contributed by atoms with Gasteiger partial charge < -0.3 is 10.2 Å². The van der Waals surface area contributed by atoms with Crippen LogP contribution in [0.1, 0.15) is 26.7 Å². The molecule has 0 aliphatic carbocycles. The third kappa shape index (κ3) is 1.40. The lowest BCUT2D eigenvalue weighted by atomic mass is 9.75. The monoisotopic (exact) mass is 216 g/mol. The molecule has 0 spiro atoms. The number of benzene rings is 1. The number of piperidine rings is 1. The molecule has 0 radical (unpaired) electrons. The summed E-state index contributed by atoms with van der Waals surface area (Å²) in [5.41, 5.74) is 3.13. The molecule has 0 amide bonds. The maximum absolute atomic E-state index is 3.58. The van der Waals surface area contributed by atoms with Crippen molar-refractivity contribution in [2.45, 2.75) is 32.7 Å². The van der Waals surface area contributed by atoms with Gasteiger partial charge in [0, 0.05) is 13.1 Å². The maximum Gasteiger partial charge on any atom is 0.0605 e. The molecule has 1 aromatic rings. The summed E-state index contributed by atoms with van der Waals surface area (Å²) in [6.45, 7) is 7.11. The fraction of sp³-hybridized carbons (Fsp3) is 0.571. The smallest absolute Gasteiger partial charge is 0.0605 e. The highest BCUT2D eigenvalue weighted by Gasteiger charge is 2.39. The molecule has 1 saturated heterocycles. The van der Waals surface area contributed by atoms with Crippen LogP contribution in [0.4, 0.5) is 11.4 Å². The van der Waals surface area contributed by atoms with E-state index in [4.69, 9.17) is 0 Å². The Morgan fingerprint density at radius 1 is 1.31 bits per heavy atom. The highest BCUT2D eigenvalue weighted by molar-refractivity contribution is 5.73. The normalized spacial score (nSPS) is 26.6. The number of nitrogens with one attached hydrogen (secondary N) is 1. The van der Waals surface area contributed by atoms with Gasteiger partial charge in [-0.2, -0.15) is 0 Å². The van der Waals surface area contributed by atoms with Crippen LogP contribution in [0.25, 0.3) is 0 Å². The number of hydrogen-bond donors (Lipinski definition) is 1. The van der Waals surface area contributed by atoms with Crippen LogP contribution in [-0.2, 0) is 0 Å². The predicted octanol–water partition coefficient (Wildman–Crippen LogP) is 3.11. The zero-order valence-corrected chi connectivity index (χ0v) is 10.2. The second kappa shape index (κ2) is 3.41. The van der Waals surface area contributed by atoms with Gasteiger partial charge in [-0.25, -0.2) is 0 Å². The summed E-state index contributed by atoms with van der Waals surface area (Å²) in [6, 6.07) is 9.34. The summed E-state index contributed by atoms with van der Waals surface area (Å²) < 4.78 is 0. The van der Waals surface area contributed by atoms with E-state index in [2.05, 4.69) is 48.3 Å². The zero-order valence-electron chi connectivity index (χ0n) is 10.2.